The lowest BCUT2D eigenvalue weighted by molar-refractivity contribution is 0.394. The predicted molar refractivity (Wildman–Crippen MR) is 129 cm³/mol. The summed E-state index contributed by atoms with van der Waals surface area (Å²) in [7, 11) is 0.277. The molecule has 0 saturated carbocycles. The molecule has 0 aromatic heterocycles. The smallest absolute Gasteiger partial charge is 0.191 e. The first-order valence-electron chi connectivity index (χ1n) is 9.64. The predicted octanol–water partition coefficient (Wildman–Crippen LogP) is 1.89. The van der Waals surface area contributed by atoms with Gasteiger partial charge in [-0.2, -0.15) is 0 Å². The molecular weight excluding hydrogens is 507 g/mol. The van der Waals surface area contributed by atoms with Crippen molar-refractivity contribution in [1.82, 2.24) is 10.6 Å². The minimum atomic E-state index is -3.01. The first kappa shape index (κ1) is 25.6. The van der Waals surface area contributed by atoms with Gasteiger partial charge in [0.05, 0.1) is 26.5 Å². The molecule has 1 unspecified atom stereocenters. The Bertz CT molecular complexity index is 751. The summed E-state index contributed by atoms with van der Waals surface area (Å²) in [5, 5.41) is 6.61. The van der Waals surface area contributed by atoms with Gasteiger partial charge in [0.2, 0.25) is 0 Å². The highest BCUT2D eigenvalue weighted by atomic mass is 127. The van der Waals surface area contributed by atoms with E-state index in [0.717, 1.165) is 43.2 Å². The first-order chi connectivity index (χ1) is 13.4. The molecule has 1 aliphatic heterocycles. The zero-order chi connectivity index (χ0) is 20.6. The Labute approximate surface area is 191 Å². The van der Waals surface area contributed by atoms with Crippen LogP contribution in [0.1, 0.15) is 20.3 Å². The molecule has 0 radical (unpaired) electrons. The van der Waals surface area contributed by atoms with Crippen molar-refractivity contribution in [2.45, 2.75) is 26.3 Å². The number of anilines is 1. The number of ether oxygens (including phenoxy) is 2. The summed E-state index contributed by atoms with van der Waals surface area (Å²) in [6.45, 7) is 6.34. The largest absolute Gasteiger partial charge is 0.497 e. The van der Waals surface area contributed by atoms with Crippen molar-refractivity contribution < 1.29 is 17.9 Å². The molecule has 1 aromatic carbocycles. The van der Waals surface area contributed by atoms with Crippen LogP contribution < -0.4 is 25.0 Å². The topological polar surface area (TPSA) is 92.3 Å². The van der Waals surface area contributed by atoms with Crippen LogP contribution in [-0.4, -0.2) is 72.3 Å². The number of hydrogen-bond acceptors (Lipinski definition) is 6. The van der Waals surface area contributed by atoms with Crippen LogP contribution in [0, 0.1) is 0 Å². The third-order valence-electron chi connectivity index (χ3n) is 4.69. The van der Waals surface area contributed by atoms with Crippen molar-refractivity contribution >= 4 is 45.5 Å². The van der Waals surface area contributed by atoms with Crippen molar-refractivity contribution in [3.05, 3.63) is 18.2 Å². The number of guanidine groups is 1. The Morgan fingerprint density at radius 3 is 2.41 bits per heavy atom. The summed E-state index contributed by atoms with van der Waals surface area (Å²) in [5.74, 6) is 2.40. The van der Waals surface area contributed by atoms with Gasteiger partial charge in [-0.25, -0.2) is 8.42 Å². The normalized spacial score (nSPS) is 16.9. The molecule has 1 aromatic rings. The molecule has 1 fully saturated rings. The summed E-state index contributed by atoms with van der Waals surface area (Å²) in [4.78, 5) is 6.69. The maximum atomic E-state index is 11.7. The van der Waals surface area contributed by atoms with Crippen LogP contribution in [0.3, 0.4) is 0 Å². The van der Waals surface area contributed by atoms with Crippen molar-refractivity contribution in [3.8, 4) is 11.5 Å². The van der Waals surface area contributed by atoms with E-state index in [2.05, 4.69) is 20.5 Å². The Hall–Kier alpha value is -1.43. The summed E-state index contributed by atoms with van der Waals surface area (Å²) >= 11 is 0. The van der Waals surface area contributed by atoms with E-state index in [1.54, 1.807) is 21.1 Å². The molecule has 166 valence electrons. The number of rotatable bonds is 9. The lowest BCUT2D eigenvalue weighted by Gasteiger charge is -2.21. The molecule has 0 spiro atoms. The van der Waals surface area contributed by atoms with Gasteiger partial charge in [-0.1, -0.05) is 6.92 Å². The summed E-state index contributed by atoms with van der Waals surface area (Å²) in [6, 6.07) is 6.08. The number of hydrogen-bond donors (Lipinski definition) is 2. The number of nitrogens with zero attached hydrogens (tertiary/aromatic N) is 2. The van der Waals surface area contributed by atoms with Gasteiger partial charge in [0.25, 0.3) is 0 Å². The number of aliphatic imine (C=N–C) groups is 1. The molecule has 1 saturated heterocycles. The van der Waals surface area contributed by atoms with Crippen LogP contribution in [0.2, 0.25) is 0 Å². The first-order valence-corrected chi connectivity index (χ1v) is 11.5. The maximum Gasteiger partial charge on any atom is 0.191 e. The van der Waals surface area contributed by atoms with E-state index in [4.69, 9.17) is 9.47 Å². The molecular formula is C19H33IN4O4S. The van der Waals surface area contributed by atoms with E-state index in [1.807, 2.05) is 25.1 Å². The number of benzene rings is 1. The van der Waals surface area contributed by atoms with Crippen LogP contribution >= 0.6 is 24.0 Å². The van der Waals surface area contributed by atoms with Gasteiger partial charge < -0.3 is 25.0 Å². The molecule has 29 heavy (non-hydrogen) atoms. The van der Waals surface area contributed by atoms with Crippen LogP contribution in [0.5, 0.6) is 11.5 Å². The average Bonchev–Trinajstić information content (AvgIpc) is 3.16. The van der Waals surface area contributed by atoms with Crippen LogP contribution in [-0.2, 0) is 9.84 Å². The van der Waals surface area contributed by atoms with Gasteiger partial charge in [-0.15, -0.1) is 24.0 Å². The van der Waals surface area contributed by atoms with Crippen LogP contribution in [0.15, 0.2) is 23.2 Å². The average molecular weight is 540 g/mol. The summed E-state index contributed by atoms with van der Waals surface area (Å²) in [6.07, 6.45) is 0.956. The van der Waals surface area contributed by atoms with E-state index in [0.29, 0.717) is 5.96 Å². The molecule has 0 amide bonds. The standard InChI is InChI=1S/C19H32N4O4S.HI/c1-5-20-19(21-8-10-28(24,25)6-2)22-15-7-9-23(14-15)16-11-17(26-3)13-18(12-16)27-4;/h11-13,15H,5-10,14H2,1-4H3,(H2,20,21,22);1H. The quantitative estimate of drug-likeness (QED) is 0.281. The third-order valence-corrected chi connectivity index (χ3v) is 6.37. The van der Waals surface area contributed by atoms with E-state index >= 15 is 0 Å². The number of halogens is 1. The van der Waals surface area contributed by atoms with E-state index < -0.39 is 9.84 Å². The molecule has 0 aliphatic carbocycles. The lowest BCUT2D eigenvalue weighted by atomic mass is 10.2. The fourth-order valence-electron chi connectivity index (χ4n) is 3.04. The van der Waals surface area contributed by atoms with Crippen molar-refractivity contribution in [3.63, 3.8) is 0 Å². The van der Waals surface area contributed by atoms with E-state index in [1.165, 1.54) is 0 Å². The Morgan fingerprint density at radius 2 is 1.86 bits per heavy atom. The van der Waals surface area contributed by atoms with E-state index in [-0.39, 0.29) is 48.1 Å². The monoisotopic (exact) mass is 540 g/mol. The minimum Gasteiger partial charge on any atom is -0.497 e. The fraction of sp³-hybridized carbons (Fsp3) is 0.632. The molecule has 1 atom stereocenters. The Morgan fingerprint density at radius 1 is 1.21 bits per heavy atom. The van der Waals surface area contributed by atoms with Gasteiger partial charge in [-0.05, 0) is 13.3 Å². The number of nitrogens with one attached hydrogen (secondary N) is 2. The Balaban J connectivity index is 0.00000420. The second-order valence-corrected chi connectivity index (χ2v) is 9.12. The molecule has 10 heteroatoms. The third kappa shape index (κ3) is 8.07. The zero-order valence-electron chi connectivity index (χ0n) is 17.6. The van der Waals surface area contributed by atoms with Crippen molar-refractivity contribution in [2.75, 3.05) is 56.8 Å². The molecule has 0 bridgehead atoms. The second-order valence-electron chi connectivity index (χ2n) is 6.64. The minimum absolute atomic E-state index is 0. The van der Waals surface area contributed by atoms with E-state index in [9.17, 15) is 8.42 Å². The maximum absolute atomic E-state index is 11.7. The van der Waals surface area contributed by atoms with Gasteiger partial charge in [-0.3, -0.25) is 4.99 Å². The molecule has 1 aliphatic rings. The highest BCUT2D eigenvalue weighted by Crippen LogP contribution is 2.30. The van der Waals surface area contributed by atoms with Crippen molar-refractivity contribution in [1.29, 1.82) is 0 Å². The highest BCUT2D eigenvalue weighted by Gasteiger charge is 2.24. The van der Waals surface area contributed by atoms with Gasteiger partial charge in [0.1, 0.15) is 11.5 Å². The molecule has 2 N–H and O–H groups in total. The van der Waals surface area contributed by atoms with Gasteiger partial charge in [0.15, 0.2) is 15.8 Å². The summed E-state index contributed by atoms with van der Waals surface area (Å²) < 4.78 is 34.0. The molecule has 1 heterocycles. The number of sulfone groups is 1. The van der Waals surface area contributed by atoms with Crippen LogP contribution in [0.25, 0.3) is 0 Å². The Kier molecular flexibility index (Phi) is 10.9. The second kappa shape index (κ2) is 12.3. The molecule has 8 nitrogen and oxygen atoms in total. The number of methoxy groups -OCH3 is 2. The molecule has 2 rings (SSSR count). The zero-order valence-corrected chi connectivity index (χ0v) is 20.7. The summed E-state index contributed by atoms with van der Waals surface area (Å²) in [5.41, 5.74) is 1.05. The fourth-order valence-corrected chi connectivity index (χ4v) is 3.70. The lowest BCUT2D eigenvalue weighted by Crippen LogP contribution is -2.44. The van der Waals surface area contributed by atoms with Gasteiger partial charge in [0, 0.05) is 55.3 Å². The van der Waals surface area contributed by atoms with Crippen molar-refractivity contribution in [2.24, 2.45) is 4.99 Å². The van der Waals surface area contributed by atoms with Crippen LogP contribution in [0.4, 0.5) is 5.69 Å². The van der Waals surface area contributed by atoms with Gasteiger partial charge >= 0.3 is 0 Å². The highest BCUT2D eigenvalue weighted by molar-refractivity contribution is 14.0. The SMILES string of the molecule is CCNC(=NCCS(=O)(=O)CC)NC1CCN(c2cc(OC)cc(OC)c2)C1.I.